The SMILES string of the molecule is O=[N+]([O-])c1ccc(/C=N\n2c([C@@H]3CCCO3)n[nH]c2=S)cc1. The van der Waals surface area contributed by atoms with Gasteiger partial charge in [-0.05, 0) is 42.8 Å². The molecule has 1 aromatic carbocycles. The van der Waals surface area contributed by atoms with Gasteiger partial charge in [-0.2, -0.15) is 14.9 Å². The van der Waals surface area contributed by atoms with Crippen molar-refractivity contribution in [3.63, 3.8) is 0 Å². The van der Waals surface area contributed by atoms with Crippen molar-refractivity contribution in [1.82, 2.24) is 14.9 Å². The minimum atomic E-state index is -0.442. The molecule has 0 spiro atoms. The third-order valence-electron chi connectivity index (χ3n) is 3.32. The van der Waals surface area contributed by atoms with E-state index in [1.807, 2.05) is 0 Å². The van der Waals surface area contributed by atoms with Gasteiger partial charge in [-0.15, -0.1) is 0 Å². The molecular weight excluding hydrogens is 306 g/mol. The number of hydrogen-bond acceptors (Lipinski definition) is 6. The van der Waals surface area contributed by atoms with Gasteiger partial charge >= 0.3 is 0 Å². The number of aromatic nitrogens is 3. The van der Waals surface area contributed by atoms with E-state index < -0.39 is 4.92 Å². The number of nitro groups is 1. The van der Waals surface area contributed by atoms with Crippen LogP contribution in [0.5, 0.6) is 0 Å². The van der Waals surface area contributed by atoms with Crippen LogP contribution < -0.4 is 0 Å². The number of nitrogens with zero attached hydrogens (tertiary/aromatic N) is 4. The van der Waals surface area contributed by atoms with Gasteiger partial charge in [-0.3, -0.25) is 15.2 Å². The van der Waals surface area contributed by atoms with Crippen LogP contribution in [0.15, 0.2) is 29.4 Å². The Morgan fingerprint density at radius 2 is 2.27 bits per heavy atom. The molecule has 0 bridgehead atoms. The summed E-state index contributed by atoms with van der Waals surface area (Å²) >= 11 is 5.16. The van der Waals surface area contributed by atoms with E-state index in [1.54, 1.807) is 18.3 Å². The summed E-state index contributed by atoms with van der Waals surface area (Å²) in [5, 5.41) is 21.8. The molecule has 1 N–H and O–H groups in total. The maximum absolute atomic E-state index is 10.6. The molecule has 1 atom stereocenters. The third kappa shape index (κ3) is 2.95. The lowest BCUT2D eigenvalue weighted by Crippen LogP contribution is -2.05. The molecule has 1 fully saturated rings. The first-order chi connectivity index (χ1) is 10.6. The molecule has 0 unspecified atom stereocenters. The highest BCUT2D eigenvalue weighted by molar-refractivity contribution is 7.71. The van der Waals surface area contributed by atoms with Gasteiger partial charge in [0.15, 0.2) is 5.82 Å². The van der Waals surface area contributed by atoms with Crippen molar-refractivity contribution in [2.75, 3.05) is 6.61 Å². The van der Waals surface area contributed by atoms with Crippen LogP contribution >= 0.6 is 12.2 Å². The highest BCUT2D eigenvalue weighted by Gasteiger charge is 2.23. The molecule has 0 aliphatic carbocycles. The van der Waals surface area contributed by atoms with Crippen LogP contribution in [0.3, 0.4) is 0 Å². The molecule has 1 aliphatic heterocycles. The fourth-order valence-corrected chi connectivity index (χ4v) is 2.40. The van der Waals surface area contributed by atoms with Crippen LogP contribution in [0.1, 0.15) is 30.3 Å². The van der Waals surface area contributed by atoms with Crippen LogP contribution in [-0.2, 0) is 4.74 Å². The Bertz CT molecular complexity index is 759. The standard InChI is InChI=1S/C13H13N5O3S/c19-18(20)10-5-3-9(4-6-10)8-14-17-12(15-16-13(17)22)11-2-1-7-21-11/h3-6,8,11H,1-2,7H2,(H,16,22)/b14-8-/t11-/m0/s1. The van der Waals surface area contributed by atoms with Crippen molar-refractivity contribution < 1.29 is 9.66 Å². The average Bonchev–Trinajstić information content (AvgIpc) is 3.15. The molecule has 8 nitrogen and oxygen atoms in total. The topological polar surface area (TPSA) is 98.3 Å². The first-order valence-corrected chi connectivity index (χ1v) is 7.14. The Hall–Kier alpha value is -2.39. The quantitative estimate of drug-likeness (QED) is 0.404. The summed E-state index contributed by atoms with van der Waals surface area (Å²) in [6.07, 6.45) is 3.33. The predicted octanol–water partition coefficient (Wildman–Crippen LogP) is 2.58. The zero-order valence-electron chi connectivity index (χ0n) is 11.5. The fourth-order valence-electron chi connectivity index (χ4n) is 2.21. The summed E-state index contributed by atoms with van der Waals surface area (Å²) in [6.45, 7) is 0.705. The molecule has 1 aliphatic rings. The van der Waals surface area contributed by atoms with Crippen LogP contribution in [-0.4, -0.2) is 32.6 Å². The average molecular weight is 319 g/mol. The summed E-state index contributed by atoms with van der Waals surface area (Å²) in [4.78, 5) is 10.2. The highest BCUT2D eigenvalue weighted by atomic mass is 32.1. The monoisotopic (exact) mass is 319 g/mol. The number of aromatic amines is 1. The number of H-pyrrole nitrogens is 1. The molecule has 3 rings (SSSR count). The molecule has 2 heterocycles. The second-order valence-electron chi connectivity index (χ2n) is 4.79. The number of rotatable bonds is 4. The number of nitrogens with one attached hydrogen (secondary N) is 1. The van der Waals surface area contributed by atoms with Crippen molar-refractivity contribution in [2.45, 2.75) is 18.9 Å². The zero-order valence-corrected chi connectivity index (χ0v) is 12.3. The van der Waals surface area contributed by atoms with Crippen molar-refractivity contribution >= 4 is 24.1 Å². The Balaban J connectivity index is 1.84. The number of ether oxygens (including phenoxy) is 1. The van der Waals surface area contributed by atoms with Crippen molar-refractivity contribution in [3.05, 3.63) is 50.5 Å². The largest absolute Gasteiger partial charge is 0.370 e. The van der Waals surface area contributed by atoms with Crippen molar-refractivity contribution in [2.24, 2.45) is 5.10 Å². The Labute approximate surface area is 130 Å². The number of nitro benzene ring substituents is 1. The van der Waals surface area contributed by atoms with E-state index in [0.717, 1.165) is 18.4 Å². The zero-order chi connectivity index (χ0) is 15.5. The molecule has 22 heavy (non-hydrogen) atoms. The maximum atomic E-state index is 10.6. The Kier molecular flexibility index (Phi) is 4.07. The lowest BCUT2D eigenvalue weighted by Gasteiger charge is -2.07. The van der Waals surface area contributed by atoms with E-state index in [1.165, 1.54) is 16.8 Å². The molecule has 1 aromatic heterocycles. The van der Waals surface area contributed by atoms with Gasteiger partial charge in [-0.25, -0.2) is 0 Å². The molecular formula is C13H13N5O3S. The van der Waals surface area contributed by atoms with Crippen molar-refractivity contribution in [1.29, 1.82) is 0 Å². The fraction of sp³-hybridized carbons (Fsp3) is 0.308. The van der Waals surface area contributed by atoms with E-state index in [2.05, 4.69) is 15.3 Å². The summed E-state index contributed by atoms with van der Waals surface area (Å²) < 4.78 is 7.49. The minimum Gasteiger partial charge on any atom is -0.370 e. The van der Waals surface area contributed by atoms with E-state index >= 15 is 0 Å². The molecule has 0 saturated carbocycles. The summed E-state index contributed by atoms with van der Waals surface area (Å²) in [5.41, 5.74) is 0.768. The minimum absolute atomic E-state index is 0.0390. The van der Waals surface area contributed by atoms with Gasteiger partial charge in [0.25, 0.3) is 5.69 Å². The first kappa shape index (κ1) is 14.5. The lowest BCUT2D eigenvalue weighted by molar-refractivity contribution is -0.384. The maximum Gasteiger partial charge on any atom is 0.269 e. The summed E-state index contributed by atoms with van der Waals surface area (Å²) in [5.74, 6) is 0.640. The molecule has 114 valence electrons. The van der Waals surface area contributed by atoms with Gasteiger partial charge in [0, 0.05) is 18.7 Å². The van der Waals surface area contributed by atoms with E-state index in [4.69, 9.17) is 17.0 Å². The summed E-state index contributed by atoms with van der Waals surface area (Å²) in [6, 6.07) is 6.10. The normalized spacial score (nSPS) is 18.1. The van der Waals surface area contributed by atoms with Crippen LogP contribution in [0.25, 0.3) is 0 Å². The third-order valence-corrected chi connectivity index (χ3v) is 3.58. The van der Waals surface area contributed by atoms with Gasteiger partial charge in [0.05, 0.1) is 11.1 Å². The first-order valence-electron chi connectivity index (χ1n) is 6.73. The Morgan fingerprint density at radius 1 is 1.50 bits per heavy atom. The van der Waals surface area contributed by atoms with Gasteiger partial charge in [0.1, 0.15) is 6.10 Å². The molecule has 0 radical (unpaired) electrons. The molecule has 1 saturated heterocycles. The van der Waals surface area contributed by atoms with Crippen LogP contribution in [0.2, 0.25) is 0 Å². The predicted molar refractivity (Wildman–Crippen MR) is 81.4 cm³/mol. The van der Waals surface area contributed by atoms with E-state index in [-0.39, 0.29) is 11.8 Å². The number of non-ortho nitro benzene ring substituents is 1. The van der Waals surface area contributed by atoms with Crippen molar-refractivity contribution in [3.8, 4) is 0 Å². The number of hydrogen-bond donors (Lipinski definition) is 1. The molecule has 0 amide bonds. The number of benzene rings is 1. The summed E-state index contributed by atoms with van der Waals surface area (Å²) in [7, 11) is 0. The second-order valence-corrected chi connectivity index (χ2v) is 5.18. The van der Waals surface area contributed by atoms with Crippen LogP contribution in [0.4, 0.5) is 5.69 Å². The van der Waals surface area contributed by atoms with Gasteiger partial charge in [0.2, 0.25) is 4.77 Å². The van der Waals surface area contributed by atoms with Crippen LogP contribution in [0, 0.1) is 14.9 Å². The van der Waals surface area contributed by atoms with E-state index in [0.29, 0.717) is 17.2 Å². The second kappa shape index (κ2) is 6.16. The highest BCUT2D eigenvalue weighted by Crippen LogP contribution is 2.26. The molecule has 2 aromatic rings. The van der Waals surface area contributed by atoms with Gasteiger partial charge in [-0.1, -0.05) is 0 Å². The van der Waals surface area contributed by atoms with Gasteiger partial charge < -0.3 is 4.74 Å². The lowest BCUT2D eigenvalue weighted by atomic mass is 10.2. The Morgan fingerprint density at radius 3 is 2.91 bits per heavy atom. The van der Waals surface area contributed by atoms with E-state index in [9.17, 15) is 10.1 Å². The molecule has 9 heteroatoms. The smallest absolute Gasteiger partial charge is 0.269 e.